The minimum absolute atomic E-state index is 0.0508. The quantitative estimate of drug-likeness (QED) is 0.0981. The maximum Gasteiger partial charge on any atom is 0.229 e. The molecule has 2 saturated heterocycles. The van der Waals surface area contributed by atoms with Gasteiger partial charge in [-0.2, -0.15) is 10.2 Å². The number of aryl methyl sites for hydroxylation is 1. The molecule has 0 radical (unpaired) electrons. The van der Waals surface area contributed by atoms with Gasteiger partial charge >= 0.3 is 0 Å². The lowest BCUT2D eigenvalue weighted by molar-refractivity contribution is -0.123. The first-order valence-corrected chi connectivity index (χ1v) is 23.7. The molecule has 1 unspecified atom stereocenters. The van der Waals surface area contributed by atoms with E-state index >= 15 is 0 Å². The first kappa shape index (κ1) is 43.2. The van der Waals surface area contributed by atoms with Crippen molar-refractivity contribution < 1.29 is 4.79 Å². The van der Waals surface area contributed by atoms with E-state index in [9.17, 15) is 4.79 Å². The third kappa shape index (κ3) is 7.65. The van der Waals surface area contributed by atoms with E-state index < -0.39 is 5.41 Å². The van der Waals surface area contributed by atoms with Crippen molar-refractivity contribution in [1.82, 2.24) is 70.1 Å². The number of amides is 1. The van der Waals surface area contributed by atoms with Crippen LogP contribution >= 0.6 is 0 Å². The Morgan fingerprint density at radius 2 is 1.37 bits per heavy atom. The summed E-state index contributed by atoms with van der Waals surface area (Å²) in [5.74, 6) is 1.27. The Kier molecular flexibility index (Phi) is 10.4. The number of H-pyrrole nitrogens is 4. The van der Waals surface area contributed by atoms with Crippen molar-refractivity contribution in [2.75, 3.05) is 75.0 Å². The number of rotatable bonds is 8. The van der Waals surface area contributed by atoms with E-state index in [0.717, 1.165) is 134 Å². The van der Waals surface area contributed by atoms with Crippen LogP contribution in [-0.4, -0.2) is 136 Å². The van der Waals surface area contributed by atoms with Crippen molar-refractivity contribution in [3.8, 4) is 45.3 Å². The average Bonchev–Trinajstić information content (AvgIpc) is 4.18. The molecule has 5 N–H and O–H groups in total. The Morgan fingerprint density at radius 3 is 2.14 bits per heavy atom. The van der Waals surface area contributed by atoms with Gasteiger partial charge < -0.3 is 30.0 Å². The fourth-order valence-electron chi connectivity index (χ4n) is 9.87. The SMILES string of the molecule is Cc1ccncc1-c1cc(C2CN(c3cncc4[nH]c(-c5n[nH]c6ccc(-c7cncc(NC(=O)C(C)(C)C)c7)cc56)nc34)CCN2C)c2n[nH]c(-c3nc4c(N5CCN(C)CC5)cncc4[nH]3)c2c1. The van der Waals surface area contributed by atoms with Gasteiger partial charge in [0.1, 0.15) is 22.4 Å². The topological polar surface area (TPSA) is 208 Å². The third-order valence-electron chi connectivity index (χ3n) is 14.0. The molecule has 0 bridgehead atoms. The number of piperazine rings is 2. The van der Waals surface area contributed by atoms with Crippen LogP contribution < -0.4 is 15.1 Å². The number of hydrogen-bond donors (Lipinski definition) is 5. The van der Waals surface area contributed by atoms with Crippen molar-refractivity contribution in [2.45, 2.75) is 33.7 Å². The second-order valence-corrected chi connectivity index (χ2v) is 19.8. The second kappa shape index (κ2) is 16.8. The van der Waals surface area contributed by atoms with Crippen LogP contribution in [0.25, 0.3) is 89.2 Å². The number of likely N-dealkylation sites (N-methyl/N-ethyl adjacent to an activating group) is 2. The Hall–Kier alpha value is -8.09. The number of nitrogens with zero attached hydrogens (tertiary/aromatic N) is 12. The smallest absolute Gasteiger partial charge is 0.229 e. The van der Waals surface area contributed by atoms with Crippen molar-refractivity contribution in [2.24, 2.45) is 5.41 Å². The van der Waals surface area contributed by atoms with Crippen LogP contribution in [0.1, 0.15) is 37.9 Å². The Morgan fingerprint density at radius 1 is 0.657 bits per heavy atom. The number of hydrogen-bond acceptors (Lipinski definition) is 13. The van der Waals surface area contributed by atoms with E-state index in [1.165, 1.54) is 0 Å². The predicted octanol–water partition coefficient (Wildman–Crippen LogP) is 7.98. The van der Waals surface area contributed by atoms with Crippen LogP contribution in [0.3, 0.4) is 0 Å². The van der Waals surface area contributed by atoms with Gasteiger partial charge in [-0.15, -0.1) is 0 Å². The summed E-state index contributed by atoms with van der Waals surface area (Å²) in [4.78, 5) is 58.3. The van der Waals surface area contributed by atoms with E-state index in [1.807, 2.05) is 76.2 Å². The third-order valence-corrected chi connectivity index (χ3v) is 14.0. The molecule has 2 aliphatic heterocycles. The normalized spacial score (nSPS) is 16.3. The molecule has 2 fully saturated rings. The van der Waals surface area contributed by atoms with Crippen molar-refractivity contribution in [1.29, 1.82) is 0 Å². The minimum atomic E-state index is -0.538. The molecule has 18 nitrogen and oxygen atoms in total. The number of pyridine rings is 4. The number of anilines is 3. The van der Waals surface area contributed by atoms with E-state index in [0.29, 0.717) is 29.6 Å². The summed E-state index contributed by atoms with van der Waals surface area (Å²) in [6, 6.07) is 14.6. The Balaban J connectivity index is 0.894. The van der Waals surface area contributed by atoms with Gasteiger partial charge in [0, 0.05) is 91.7 Å². The zero-order valence-corrected chi connectivity index (χ0v) is 40.0. The molecule has 70 heavy (non-hydrogen) atoms. The molecule has 18 heteroatoms. The van der Waals surface area contributed by atoms with Crippen LogP contribution in [0, 0.1) is 12.3 Å². The highest BCUT2D eigenvalue weighted by Gasteiger charge is 2.32. The number of carbonyl (C=O) groups excluding carboxylic acids is 1. The summed E-state index contributed by atoms with van der Waals surface area (Å²) in [6.07, 6.45) is 14.8. The van der Waals surface area contributed by atoms with Crippen LogP contribution in [0.15, 0.2) is 92.0 Å². The highest BCUT2D eigenvalue weighted by atomic mass is 16.2. The molecule has 1 atom stereocenters. The molecule has 2 aliphatic rings. The first-order chi connectivity index (χ1) is 33.9. The lowest BCUT2D eigenvalue weighted by atomic mass is 9.93. The zero-order valence-electron chi connectivity index (χ0n) is 40.0. The molecule has 8 aromatic heterocycles. The molecule has 2 aromatic carbocycles. The molecule has 10 aromatic rings. The molecule has 12 rings (SSSR count). The number of fused-ring (bicyclic) bond motifs is 4. The van der Waals surface area contributed by atoms with Gasteiger partial charge in [0.2, 0.25) is 5.91 Å². The molecule has 0 aliphatic carbocycles. The Bertz CT molecular complexity index is 3630. The lowest BCUT2D eigenvalue weighted by Crippen LogP contribution is -2.47. The molecule has 10 heterocycles. The minimum Gasteiger partial charge on any atom is -0.366 e. The van der Waals surface area contributed by atoms with Crippen LogP contribution in [-0.2, 0) is 4.79 Å². The number of benzene rings is 2. The molecule has 352 valence electrons. The number of aromatic amines is 4. The second-order valence-electron chi connectivity index (χ2n) is 19.8. The van der Waals surface area contributed by atoms with E-state index in [4.69, 9.17) is 25.1 Å². The van der Waals surface area contributed by atoms with Crippen LogP contribution in [0.4, 0.5) is 17.1 Å². The standard InChI is InChI=1S/C52H53N17O/c1-29-9-10-53-23-37(29)31-19-35(44-36(20-31)46(65-63-44)50-59-39-24-55-26-41(47(39)60-50)68-14-11-66(5)12-15-68)43-28-69(16-13-67(43)6)42-27-56-25-40-48(42)61-49(58-40)45-34-18-30(7-8-38(34)62-64-45)32-17-33(22-54-21-32)57-51(70)52(2,3)4/h7-10,17-27,43H,11-16,28H2,1-6H3,(H,57,70)(H,58,61)(H,59,60)(H,62,64)(H,63,65). The van der Waals surface area contributed by atoms with Crippen LogP contribution in [0.2, 0.25) is 0 Å². The fourth-order valence-corrected chi connectivity index (χ4v) is 9.87. The summed E-state index contributed by atoms with van der Waals surface area (Å²) >= 11 is 0. The number of imidazole rings is 2. The summed E-state index contributed by atoms with van der Waals surface area (Å²) in [7, 11) is 4.35. The predicted molar refractivity (Wildman–Crippen MR) is 275 cm³/mol. The van der Waals surface area contributed by atoms with Gasteiger partial charge in [-0.05, 0) is 79.7 Å². The van der Waals surface area contributed by atoms with Crippen molar-refractivity contribution >= 4 is 66.8 Å². The summed E-state index contributed by atoms with van der Waals surface area (Å²) in [6.45, 7) is 13.8. The van der Waals surface area contributed by atoms with E-state index in [1.54, 1.807) is 12.4 Å². The van der Waals surface area contributed by atoms with E-state index in [2.05, 4.69) is 105 Å². The zero-order chi connectivity index (χ0) is 47.8. The van der Waals surface area contributed by atoms with Crippen molar-refractivity contribution in [3.05, 3.63) is 103 Å². The fraction of sp³-hybridized carbons (Fsp3) is 0.288. The van der Waals surface area contributed by atoms with Crippen LogP contribution in [0.5, 0.6) is 0 Å². The average molecular weight is 932 g/mol. The number of nitrogens with one attached hydrogen (secondary N) is 5. The molecule has 0 saturated carbocycles. The summed E-state index contributed by atoms with van der Waals surface area (Å²) < 4.78 is 0. The molecule has 0 spiro atoms. The maximum absolute atomic E-state index is 12.8. The lowest BCUT2D eigenvalue weighted by Gasteiger charge is -2.41. The summed E-state index contributed by atoms with van der Waals surface area (Å²) in [5, 5.41) is 21.3. The van der Waals surface area contributed by atoms with Gasteiger partial charge in [-0.1, -0.05) is 26.8 Å². The maximum atomic E-state index is 12.8. The van der Waals surface area contributed by atoms with E-state index in [-0.39, 0.29) is 11.9 Å². The summed E-state index contributed by atoms with van der Waals surface area (Å²) in [5.41, 5.74) is 14.9. The Labute approximate surface area is 403 Å². The molecular formula is C52H53N17O. The van der Waals surface area contributed by atoms with Gasteiger partial charge in [0.05, 0.1) is 76.2 Å². The van der Waals surface area contributed by atoms with Gasteiger partial charge in [-0.25, -0.2) is 9.97 Å². The van der Waals surface area contributed by atoms with Gasteiger partial charge in [0.15, 0.2) is 11.6 Å². The largest absolute Gasteiger partial charge is 0.366 e. The first-order valence-electron chi connectivity index (χ1n) is 23.7. The number of aromatic nitrogens is 12. The molecular weight excluding hydrogens is 879 g/mol. The van der Waals surface area contributed by atoms with Gasteiger partial charge in [0.25, 0.3) is 0 Å². The monoisotopic (exact) mass is 931 g/mol. The number of carbonyl (C=O) groups is 1. The highest BCUT2D eigenvalue weighted by Crippen LogP contribution is 2.41. The highest BCUT2D eigenvalue weighted by molar-refractivity contribution is 6.01. The van der Waals surface area contributed by atoms with Gasteiger partial charge in [-0.3, -0.25) is 39.8 Å². The molecule has 1 amide bonds. The van der Waals surface area contributed by atoms with Crippen molar-refractivity contribution in [3.63, 3.8) is 0 Å².